The molecule has 3 aromatic rings. The second kappa shape index (κ2) is 8.83. The van der Waals surface area contributed by atoms with Gasteiger partial charge in [0.2, 0.25) is 11.8 Å². The van der Waals surface area contributed by atoms with Crippen LogP contribution in [0.15, 0.2) is 72.8 Å². The molecule has 0 saturated carbocycles. The quantitative estimate of drug-likeness (QED) is 0.435. The molecule has 0 unspecified atom stereocenters. The lowest BCUT2D eigenvalue weighted by molar-refractivity contribution is -0.729. The number of nitrogens with zero attached hydrogens (tertiary/aromatic N) is 1. The number of ether oxygens (including phenoxy) is 2. The minimum Gasteiger partial charge on any atom is -0.497 e. The Morgan fingerprint density at radius 2 is 1.36 bits per heavy atom. The third kappa shape index (κ3) is 3.46. The van der Waals surface area contributed by atoms with Gasteiger partial charge in [-0.25, -0.2) is 18.5 Å². The van der Waals surface area contributed by atoms with Crippen LogP contribution in [0.4, 0.5) is 14.5 Å². The molecule has 36 heavy (non-hydrogen) atoms. The number of anilines is 1. The smallest absolute Gasteiger partial charge is 0.365 e. The van der Waals surface area contributed by atoms with Gasteiger partial charge in [-0.3, -0.25) is 9.59 Å². The van der Waals surface area contributed by atoms with Crippen molar-refractivity contribution in [3.8, 4) is 5.75 Å². The summed E-state index contributed by atoms with van der Waals surface area (Å²) in [5, 5.41) is 1.62. The van der Waals surface area contributed by atoms with Gasteiger partial charge in [-0.15, -0.1) is 0 Å². The molecule has 0 aromatic heterocycles. The maximum atomic E-state index is 14.1. The Hall–Kier alpha value is -4.11. The molecule has 2 aliphatic rings. The molecule has 7 nitrogen and oxygen atoms in total. The summed E-state index contributed by atoms with van der Waals surface area (Å²) in [5.41, 5.74) is -0.000908. The van der Waals surface area contributed by atoms with Gasteiger partial charge in [0.25, 0.3) is 0 Å². The number of hydrogen-bond acceptors (Lipinski definition) is 5. The molecule has 0 spiro atoms. The Balaban J connectivity index is 1.73. The molecular weight excluding hydrogens is 470 g/mol. The largest absolute Gasteiger partial charge is 0.497 e. The van der Waals surface area contributed by atoms with Crippen LogP contribution >= 0.6 is 0 Å². The van der Waals surface area contributed by atoms with E-state index in [2.05, 4.69) is 0 Å². The fraction of sp³-hybridized carbons (Fsp3) is 0.222. The summed E-state index contributed by atoms with van der Waals surface area (Å²) in [6.07, 6.45) is 0. The molecule has 184 valence electrons. The highest BCUT2D eigenvalue weighted by Crippen LogP contribution is 2.48. The predicted molar refractivity (Wildman–Crippen MR) is 124 cm³/mol. The topological polar surface area (TPSA) is 89.5 Å². The van der Waals surface area contributed by atoms with Gasteiger partial charge in [0, 0.05) is 11.1 Å². The number of methoxy groups -OCH3 is 2. The van der Waals surface area contributed by atoms with Crippen LogP contribution < -0.4 is 15.0 Å². The summed E-state index contributed by atoms with van der Waals surface area (Å²) in [6.45, 7) is 0. The number of benzene rings is 3. The van der Waals surface area contributed by atoms with Crippen molar-refractivity contribution in [2.45, 2.75) is 11.6 Å². The second-order valence-electron chi connectivity index (χ2n) is 8.81. The zero-order valence-electron chi connectivity index (χ0n) is 19.5. The third-order valence-corrected chi connectivity index (χ3v) is 7.12. The SMILES string of the molecule is COC(=O)[C@H]1[NH2+]C(c2ccc(F)cc2)(c2ccc(F)cc2)[C@@H]2C(=O)N(c3ccc(OC)cc3)C(=O)[C@@H]12. The van der Waals surface area contributed by atoms with Crippen LogP contribution in [0.5, 0.6) is 5.75 Å². The molecule has 0 bridgehead atoms. The van der Waals surface area contributed by atoms with Gasteiger partial charge in [-0.2, -0.15) is 0 Å². The zero-order valence-corrected chi connectivity index (χ0v) is 19.5. The summed E-state index contributed by atoms with van der Waals surface area (Å²) in [5.74, 6) is -4.28. The van der Waals surface area contributed by atoms with E-state index in [1.54, 1.807) is 29.6 Å². The van der Waals surface area contributed by atoms with Gasteiger partial charge in [0.1, 0.15) is 29.2 Å². The molecular formula is C27H23F2N2O5+. The fourth-order valence-corrected chi connectivity index (χ4v) is 5.53. The zero-order chi connectivity index (χ0) is 25.6. The number of quaternary nitrogens is 1. The van der Waals surface area contributed by atoms with E-state index in [9.17, 15) is 23.2 Å². The van der Waals surface area contributed by atoms with E-state index in [0.717, 1.165) is 4.90 Å². The molecule has 3 aromatic carbocycles. The van der Waals surface area contributed by atoms with Crippen molar-refractivity contribution in [3.63, 3.8) is 0 Å². The number of carbonyl (C=O) groups excluding carboxylic acids is 3. The van der Waals surface area contributed by atoms with Crippen LogP contribution in [-0.4, -0.2) is 38.0 Å². The number of hydrogen-bond donors (Lipinski definition) is 1. The van der Waals surface area contributed by atoms with Crippen LogP contribution in [0.1, 0.15) is 11.1 Å². The van der Waals surface area contributed by atoms with Gasteiger partial charge in [-0.1, -0.05) is 0 Å². The van der Waals surface area contributed by atoms with Crippen molar-refractivity contribution in [1.82, 2.24) is 0 Å². The van der Waals surface area contributed by atoms with Crippen LogP contribution in [0.3, 0.4) is 0 Å². The Morgan fingerprint density at radius 3 is 1.83 bits per heavy atom. The van der Waals surface area contributed by atoms with Crippen molar-refractivity contribution in [3.05, 3.63) is 95.6 Å². The predicted octanol–water partition coefficient (Wildman–Crippen LogP) is 2.14. The van der Waals surface area contributed by atoms with E-state index in [1.165, 1.54) is 62.8 Å². The number of imide groups is 1. The maximum Gasteiger partial charge on any atom is 0.365 e. The first-order valence-electron chi connectivity index (χ1n) is 11.3. The summed E-state index contributed by atoms with van der Waals surface area (Å²) in [7, 11) is 2.71. The Morgan fingerprint density at radius 1 is 0.833 bits per heavy atom. The Bertz CT molecular complexity index is 1280. The minimum absolute atomic E-state index is 0.330. The molecule has 2 fully saturated rings. The van der Waals surface area contributed by atoms with E-state index >= 15 is 0 Å². The fourth-order valence-electron chi connectivity index (χ4n) is 5.53. The summed E-state index contributed by atoms with van der Waals surface area (Å²) in [6, 6.07) is 16.4. The van der Waals surface area contributed by atoms with Crippen LogP contribution in [0, 0.1) is 23.5 Å². The monoisotopic (exact) mass is 493 g/mol. The number of halogens is 2. The van der Waals surface area contributed by atoms with E-state index in [0.29, 0.717) is 22.6 Å². The second-order valence-corrected chi connectivity index (χ2v) is 8.81. The first-order chi connectivity index (χ1) is 17.3. The Labute approximate surface area is 205 Å². The van der Waals surface area contributed by atoms with Crippen molar-refractivity contribution < 1.29 is 38.0 Å². The van der Waals surface area contributed by atoms with Crippen LogP contribution in [-0.2, 0) is 24.7 Å². The number of rotatable bonds is 5. The molecule has 2 saturated heterocycles. The van der Waals surface area contributed by atoms with E-state index in [-0.39, 0.29) is 0 Å². The lowest BCUT2D eigenvalue weighted by Gasteiger charge is -2.32. The summed E-state index contributed by atoms with van der Waals surface area (Å²) < 4.78 is 38.0. The number of nitrogens with two attached hydrogens (primary N) is 1. The van der Waals surface area contributed by atoms with Gasteiger partial charge in [0.05, 0.1) is 19.9 Å². The molecule has 2 heterocycles. The first kappa shape index (κ1) is 23.6. The van der Waals surface area contributed by atoms with Gasteiger partial charge in [-0.05, 0) is 72.8 Å². The number of carbonyl (C=O) groups is 3. The molecule has 9 heteroatoms. The number of esters is 1. The third-order valence-electron chi connectivity index (χ3n) is 7.12. The summed E-state index contributed by atoms with van der Waals surface area (Å²) in [4.78, 5) is 41.8. The minimum atomic E-state index is -1.32. The van der Waals surface area contributed by atoms with Crippen molar-refractivity contribution in [2.75, 3.05) is 19.1 Å². The molecule has 5 rings (SSSR count). The number of amides is 2. The highest BCUT2D eigenvalue weighted by molar-refractivity contribution is 6.23. The van der Waals surface area contributed by atoms with E-state index < -0.39 is 52.8 Å². The molecule has 2 N–H and O–H groups in total. The molecule has 2 aliphatic heterocycles. The molecule has 2 amide bonds. The normalized spacial score (nSPS) is 22.4. The summed E-state index contributed by atoms with van der Waals surface area (Å²) >= 11 is 0. The highest BCUT2D eigenvalue weighted by Gasteiger charge is 2.72. The van der Waals surface area contributed by atoms with E-state index in [4.69, 9.17) is 9.47 Å². The lowest BCUT2D eigenvalue weighted by Crippen LogP contribution is -2.99. The average Bonchev–Trinajstić information content (AvgIpc) is 3.39. The van der Waals surface area contributed by atoms with Crippen LogP contribution in [0.25, 0.3) is 0 Å². The van der Waals surface area contributed by atoms with Gasteiger partial charge in [0.15, 0.2) is 11.6 Å². The van der Waals surface area contributed by atoms with Crippen molar-refractivity contribution >= 4 is 23.5 Å². The van der Waals surface area contributed by atoms with Gasteiger partial charge >= 0.3 is 5.97 Å². The molecule has 0 radical (unpaired) electrons. The number of fused-ring (bicyclic) bond motifs is 1. The average molecular weight is 493 g/mol. The van der Waals surface area contributed by atoms with Crippen LogP contribution in [0.2, 0.25) is 0 Å². The van der Waals surface area contributed by atoms with Crippen molar-refractivity contribution in [1.29, 1.82) is 0 Å². The highest BCUT2D eigenvalue weighted by atomic mass is 19.1. The maximum absolute atomic E-state index is 14.1. The van der Waals surface area contributed by atoms with Crippen molar-refractivity contribution in [2.24, 2.45) is 11.8 Å². The van der Waals surface area contributed by atoms with Gasteiger partial charge < -0.3 is 14.8 Å². The Kier molecular flexibility index (Phi) is 5.80. The lowest BCUT2D eigenvalue weighted by atomic mass is 9.71. The molecule has 0 aliphatic carbocycles. The standard InChI is InChI=1S/C27H22F2N2O5/c1-35-20-13-11-19(12-14-20)31-24(32)21-22(25(31)33)27(30-23(21)26(34)36-2,15-3-7-17(28)8-4-15)16-5-9-18(29)10-6-16/h3-14,21-23,30H,1-2H3/p+1/t21-,22+,23+/m1/s1. The molecule has 3 atom stereocenters. The van der Waals surface area contributed by atoms with E-state index in [1.807, 2.05) is 0 Å². The first-order valence-corrected chi connectivity index (χ1v) is 11.3.